The molecule has 230 valence electrons. The third-order valence-corrected chi connectivity index (χ3v) is 9.58. The van der Waals surface area contributed by atoms with Crippen molar-refractivity contribution in [2.45, 2.75) is 0 Å². The Kier molecular flexibility index (Phi) is 6.56. The zero-order valence-corrected chi connectivity index (χ0v) is 26.7. The van der Waals surface area contributed by atoms with E-state index >= 15 is 0 Å². The summed E-state index contributed by atoms with van der Waals surface area (Å²) < 4.78 is 4.42. The number of rotatable bonds is 4. The van der Waals surface area contributed by atoms with Gasteiger partial charge in [-0.2, -0.15) is 15.8 Å². The molecule has 2 heterocycles. The minimum absolute atomic E-state index is 0.398. The number of fused-ring (bicyclic) bond motifs is 6. The molecular weight excluding hydrogens is 611 g/mol. The van der Waals surface area contributed by atoms with Gasteiger partial charge in [0.1, 0.15) is 0 Å². The first-order valence-corrected chi connectivity index (χ1v) is 16.3. The highest BCUT2D eigenvalue weighted by Gasteiger charge is 2.21. The highest BCUT2D eigenvalue weighted by atomic mass is 15.0. The Hall–Kier alpha value is -7.39. The lowest BCUT2D eigenvalue weighted by atomic mass is 9.93. The van der Waals surface area contributed by atoms with Gasteiger partial charge in [0.05, 0.1) is 62.7 Å². The molecule has 0 fully saturated rings. The van der Waals surface area contributed by atoms with Crippen molar-refractivity contribution in [2.75, 3.05) is 0 Å². The smallest absolute Gasteiger partial charge is 0.0999 e. The summed E-state index contributed by atoms with van der Waals surface area (Å²) in [5, 5.41) is 34.6. The van der Waals surface area contributed by atoms with Crippen LogP contribution in [0.5, 0.6) is 0 Å². The van der Waals surface area contributed by atoms with Crippen LogP contribution in [0.25, 0.3) is 77.2 Å². The van der Waals surface area contributed by atoms with Crippen LogP contribution in [0.15, 0.2) is 152 Å². The predicted octanol–water partition coefficient (Wildman–Crippen LogP) is 10.8. The molecule has 0 spiro atoms. The highest BCUT2D eigenvalue weighted by molar-refractivity contribution is 6.11. The van der Waals surface area contributed by atoms with Gasteiger partial charge in [0.25, 0.3) is 0 Å². The first-order chi connectivity index (χ1) is 24.7. The second-order valence-electron chi connectivity index (χ2n) is 12.3. The van der Waals surface area contributed by atoms with Crippen LogP contribution in [-0.2, 0) is 0 Å². The molecule has 0 aliphatic heterocycles. The average molecular weight is 636 g/mol. The molecule has 2 aromatic heterocycles. The van der Waals surface area contributed by atoms with Crippen LogP contribution in [0.2, 0.25) is 0 Å². The zero-order chi connectivity index (χ0) is 33.8. The van der Waals surface area contributed by atoms with Crippen molar-refractivity contribution in [3.8, 4) is 51.8 Å². The van der Waals surface area contributed by atoms with E-state index in [0.29, 0.717) is 16.7 Å². The quantitative estimate of drug-likeness (QED) is 0.193. The summed E-state index contributed by atoms with van der Waals surface area (Å²) in [7, 11) is 0. The molecule has 0 saturated carbocycles. The normalized spacial score (nSPS) is 11.1. The van der Waals surface area contributed by atoms with Gasteiger partial charge in [-0.3, -0.25) is 0 Å². The van der Waals surface area contributed by atoms with Crippen LogP contribution in [0.4, 0.5) is 0 Å². The molecule has 9 aromatic rings. The number of hydrogen-bond donors (Lipinski definition) is 0. The fourth-order valence-corrected chi connectivity index (χ4v) is 7.44. The molecule has 0 unspecified atom stereocenters. The maximum absolute atomic E-state index is 10.5. The topological polar surface area (TPSA) is 81.2 Å². The molecule has 0 aliphatic rings. The molecule has 5 nitrogen and oxygen atoms in total. The minimum atomic E-state index is 0.398. The van der Waals surface area contributed by atoms with Crippen molar-refractivity contribution in [1.82, 2.24) is 9.13 Å². The van der Waals surface area contributed by atoms with E-state index in [1.807, 2.05) is 60.7 Å². The third kappa shape index (κ3) is 4.38. The van der Waals surface area contributed by atoms with Crippen molar-refractivity contribution < 1.29 is 0 Å². The van der Waals surface area contributed by atoms with E-state index in [0.717, 1.165) is 66.5 Å². The SMILES string of the molecule is N#Cc1cc(C#N)c(-c2cccc(-c3cccc(-n4c5ccccc5c5ccccc54)c3)c2)c(-n2c3ccccc3c3cc(C#N)ccc32)c1. The minimum Gasteiger partial charge on any atom is -0.309 e. The van der Waals surface area contributed by atoms with Gasteiger partial charge in [0.2, 0.25) is 0 Å². The summed E-state index contributed by atoms with van der Waals surface area (Å²) in [4.78, 5) is 0. The lowest BCUT2D eigenvalue weighted by Gasteiger charge is -2.17. The van der Waals surface area contributed by atoms with E-state index < -0.39 is 0 Å². The van der Waals surface area contributed by atoms with Gasteiger partial charge >= 0.3 is 0 Å². The molecule has 0 N–H and O–H groups in total. The predicted molar refractivity (Wildman–Crippen MR) is 200 cm³/mol. The van der Waals surface area contributed by atoms with Gasteiger partial charge in [-0.25, -0.2) is 0 Å². The van der Waals surface area contributed by atoms with E-state index in [9.17, 15) is 15.8 Å². The molecule has 0 bridgehead atoms. The summed E-state index contributed by atoms with van der Waals surface area (Å²) in [6, 6.07) is 57.9. The monoisotopic (exact) mass is 635 g/mol. The van der Waals surface area contributed by atoms with E-state index in [4.69, 9.17) is 0 Å². The van der Waals surface area contributed by atoms with Crippen LogP contribution >= 0.6 is 0 Å². The highest BCUT2D eigenvalue weighted by Crippen LogP contribution is 2.40. The second kappa shape index (κ2) is 11.4. The number of para-hydroxylation sites is 3. The van der Waals surface area contributed by atoms with E-state index in [-0.39, 0.29) is 0 Å². The summed E-state index contributed by atoms with van der Waals surface area (Å²) >= 11 is 0. The second-order valence-corrected chi connectivity index (χ2v) is 12.3. The Morgan fingerprint density at radius 3 is 1.60 bits per heavy atom. The number of aromatic nitrogens is 2. The summed E-state index contributed by atoms with van der Waals surface area (Å²) in [6.07, 6.45) is 0. The molecule has 5 heteroatoms. The molecule has 9 rings (SSSR count). The first kappa shape index (κ1) is 28.8. The van der Waals surface area contributed by atoms with E-state index in [1.54, 1.807) is 6.07 Å². The fourth-order valence-electron chi connectivity index (χ4n) is 7.44. The molecular formula is C45H25N5. The number of benzene rings is 7. The van der Waals surface area contributed by atoms with Crippen molar-refractivity contribution in [1.29, 1.82) is 15.8 Å². The Bertz CT molecular complexity index is 2920. The lowest BCUT2D eigenvalue weighted by Crippen LogP contribution is -2.01. The lowest BCUT2D eigenvalue weighted by molar-refractivity contribution is 1.17. The molecule has 7 aromatic carbocycles. The molecule has 50 heavy (non-hydrogen) atoms. The van der Waals surface area contributed by atoms with Crippen molar-refractivity contribution >= 4 is 43.6 Å². The Balaban J connectivity index is 1.26. The number of hydrogen-bond acceptors (Lipinski definition) is 3. The van der Waals surface area contributed by atoms with E-state index in [2.05, 4.69) is 112 Å². The maximum atomic E-state index is 10.5. The molecule has 0 amide bonds. The van der Waals surface area contributed by atoms with Gasteiger partial charge in [0.15, 0.2) is 0 Å². The summed E-state index contributed by atoms with van der Waals surface area (Å²) in [6.45, 7) is 0. The Morgan fingerprint density at radius 2 is 0.940 bits per heavy atom. The van der Waals surface area contributed by atoms with Gasteiger partial charge in [-0.05, 0) is 83.4 Å². The van der Waals surface area contributed by atoms with Crippen LogP contribution in [0.3, 0.4) is 0 Å². The fraction of sp³-hybridized carbons (Fsp3) is 0. The average Bonchev–Trinajstić information content (AvgIpc) is 3.70. The number of nitrogens with zero attached hydrogens (tertiary/aromatic N) is 5. The van der Waals surface area contributed by atoms with Gasteiger partial charge in [0, 0.05) is 32.8 Å². The molecule has 0 atom stereocenters. The molecule has 0 aliphatic carbocycles. The third-order valence-electron chi connectivity index (χ3n) is 9.58. The Labute approximate surface area is 287 Å². The Morgan fingerprint density at radius 1 is 0.380 bits per heavy atom. The van der Waals surface area contributed by atoms with Crippen molar-refractivity contribution in [3.05, 3.63) is 168 Å². The van der Waals surface area contributed by atoms with E-state index in [1.165, 1.54) is 10.8 Å². The van der Waals surface area contributed by atoms with Crippen LogP contribution < -0.4 is 0 Å². The largest absolute Gasteiger partial charge is 0.309 e. The molecule has 0 saturated heterocycles. The van der Waals surface area contributed by atoms with Gasteiger partial charge in [-0.15, -0.1) is 0 Å². The standard InChI is InChI=1S/C45H25N5/c46-26-29-19-20-43-39(22-29)38-15-3-6-18-42(38)50(43)44-23-30(27-47)21-34(28-48)45(44)33-11-7-9-31(24-33)32-10-8-12-35(25-32)49-40-16-4-1-13-36(40)37-14-2-5-17-41(37)49/h1-25H. The van der Waals surface area contributed by atoms with Gasteiger partial charge in [-0.1, -0.05) is 84.9 Å². The summed E-state index contributed by atoms with van der Waals surface area (Å²) in [5.41, 5.74) is 10.9. The summed E-state index contributed by atoms with van der Waals surface area (Å²) in [5.74, 6) is 0. The zero-order valence-electron chi connectivity index (χ0n) is 26.7. The maximum Gasteiger partial charge on any atom is 0.0999 e. The van der Waals surface area contributed by atoms with Crippen LogP contribution in [0, 0.1) is 34.0 Å². The molecule has 0 radical (unpaired) electrons. The van der Waals surface area contributed by atoms with Crippen molar-refractivity contribution in [2.24, 2.45) is 0 Å². The first-order valence-electron chi connectivity index (χ1n) is 16.3. The van der Waals surface area contributed by atoms with Crippen molar-refractivity contribution in [3.63, 3.8) is 0 Å². The van der Waals surface area contributed by atoms with Gasteiger partial charge < -0.3 is 9.13 Å². The van der Waals surface area contributed by atoms with Crippen LogP contribution in [-0.4, -0.2) is 9.13 Å². The van der Waals surface area contributed by atoms with Crippen LogP contribution in [0.1, 0.15) is 16.7 Å². The number of nitriles is 3.